The quantitative estimate of drug-likeness (QED) is 0.0961. The van der Waals surface area contributed by atoms with Gasteiger partial charge < -0.3 is 14.6 Å². The normalized spacial score (nSPS) is 15.3. The summed E-state index contributed by atoms with van der Waals surface area (Å²) in [4.78, 5) is 0.0939. The van der Waals surface area contributed by atoms with E-state index in [0.717, 1.165) is 56.1 Å². The topological polar surface area (TPSA) is 95.6 Å². The minimum absolute atomic E-state index is 0.0433. The molecule has 1 saturated heterocycles. The first-order valence-corrected chi connectivity index (χ1v) is 23.0. The van der Waals surface area contributed by atoms with E-state index in [1.165, 1.54) is 30.5 Å². The van der Waals surface area contributed by atoms with Gasteiger partial charge >= 0.3 is 0 Å². The van der Waals surface area contributed by atoms with Crippen LogP contribution in [0.3, 0.4) is 0 Å². The fourth-order valence-electron chi connectivity index (χ4n) is 6.70. The Balaban J connectivity index is 1.10. The van der Waals surface area contributed by atoms with E-state index >= 15 is 8.78 Å². The molecule has 0 aliphatic carbocycles. The van der Waals surface area contributed by atoms with E-state index in [-0.39, 0.29) is 33.7 Å². The molecule has 2 aromatic heterocycles. The molecule has 14 heteroatoms. The van der Waals surface area contributed by atoms with Crippen molar-refractivity contribution >= 4 is 60.4 Å². The van der Waals surface area contributed by atoms with E-state index < -0.39 is 27.8 Å². The highest BCUT2D eigenvalue weighted by atomic mass is 79.9. The van der Waals surface area contributed by atoms with Crippen molar-refractivity contribution in [3.8, 4) is 22.8 Å². The molecular weight excluding hydrogens is 841 g/mol. The van der Waals surface area contributed by atoms with E-state index in [0.29, 0.717) is 41.8 Å². The summed E-state index contributed by atoms with van der Waals surface area (Å²) in [7, 11) is -4.03. The summed E-state index contributed by atoms with van der Waals surface area (Å²) < 4.78 is 75.0. The van der Waals surface area contributed by atoms with Gasteiger partial charge in [-0.25, -0.2) is 25.9 Å². The fraction of sp³-hybridized carbons (Fsp3) is 0.310. The summed E-state index contributed by atoms with van der Waals surface area (Å²) in [6, 6.07) is 23.0. The standard InChI is InChI=1S/C42H42BrF2N3O5S3/c1-28-8-11-32(12-9-28)56(50,51)48-19-14-33-34(16-21-54-23-24-55-22-17-40(49)29-5-4-6-30(43)25-29)42(37(45)27-39(33)48)53-31-10-13-36(44)35(26-31)38-15-18-47(46-38)41-7-2-3-20-52-41/h4-6,8-15,18-19,25-27,40-41,49H,2-3,7,16-17,20-24H2,1H3. The zero-order valence-electron chi connectivity index (χ0n) is 30.7. The molecule has 0 radical (unpaired) electrons. The number of ether oxygens (including phenoxy) is 2. The number of thioether (sulfide) groups is 2. The van der Waals surface area contributed by atoms with E-state index in [2.05, 4.69) is 21.0 Å². The zero-order chi connectivity index (χ0) is 39.2. The van der Waals surface area contributed by atoms with E-state index in [1.807, 2.05) is 31.2 Å². The largest absolute Gasteiger partial charge is 0.454 e. The van der Waals surface area contributed by atoms with E-state index in [9.17, 15) is 13.5 Å². The SMILES string of the molecule is Cc1ccc(S(=O)(=O)n2ccc3c(CCSCCSCCC(O)c4cccc(Br)c4)c(Oc4ccc(F)c(-c5ccn(C6CCCCO6)n5)c4)c(F)cc32)cc1. The van der Waals surface area contributed by atoms with Gasteiger partial charge in [-0.1, -0.05) is 45.8 Å². The molecule has 1 N–H and O–H groups in total. The summed E-state index contributed by atoms with van der Waals surface area (Å²) in [5, 5.41) is 15.7. The van der Waals surface area contributed by atoms with Crippen molar-refractivity contribution in [1.29, 1.82) is 0 Å². The summed E-state index contributed by atoms with van der Waals surface area (Å²) in [6.07, 6.45) is 6.32. The van der Waals surface area contributed by atoms with Crippen LogP contribution in [-0.2, 0) is 21.2 Å². The second-order valence-electron chi connectivity index (χ2n) is 13.6. The molecule has 4 aromatic carbocycles. The van der Waals surface area contributed by atoms with Gasteiger partial charge in [-0.2, -0.15) is 28.6 Å². The molecule has 7 rings (SSSR count). The number of benzene rings is 4. The Labute approximate surface area is 342 Å². The van der Waals surface area contributed by atoms with Crippen molar-refractivity contribution in [2.75, 3.05) is 29.6 Å². The third-order valence-corrected chi connectivity index (χ3v) is 14.1. The van der Waals surface area contributed by atoms with Crippen molar-refractivity contribution in [1.82, 2.24) is 13.8 Å². The van der Waals surface area contributed by atoms with Crippen LogP contribution < -0.4 is 4.74 Å². The van der Waals surface area contributed by atoms with Crippen LogP contribution in [0, 0.1) is 18.6 Å². The van der Waals surface area contributed by atoms with Crippen molar-refractivity contribution in [2.45, 2.75) is 56.3 Å². The predicted molar refractivity (Wildman–Crippen MR) is 224 cm³/mol. The number of fused-ring (bicyclic) bond motifs is 1. The maximum atomic E-state index is 16.3. The lowest BCUT2D eigenvalue weighted by molar-refractivity contribution is -0.0393. The Morgan fingerprint density at radius 2 is 1.75 bits per heavy atom. The first kappa shape index (κ1) is 40.5. The highest BCUT2D eigenvalue weighted by Gasteiger charge is 2.25. The van der Waals surface area contributed by atoms with Crippen molar-refractivity contribution in [3.05, 3.63) is 130 Å². The van der Waals surface area contributed by atoms with Gasteiger partial charge in [0.1, 0.15) is 17.8 Å². The van der Waals surface area contributed by atoms with Crippen LogP contribution in [0.25, 0.3) is 22.2 Å². The molecule has 2 atom stereocenters. The Kier molecular flexibility index (Phi) is 13.2. The first-order chi connectivity index (χ1) is 27.1. The van der Waals surface area contributed by atoms with Gasteiger partial charge in [0.15, 0.2) is 11.6 Å². The lowest BCUT2D eigenvalue weighted by atomic mass is 10.1. The number of hydrogen-bond acceptors (Lipinski definition) is 8. The zero-order valence-corrected chi connectivity index (χ0v) is 34.8. The minimum atomic E-state index is -4.03. The van der Waals surface area contributed by atoms with Crippen molar-refractivity contribution in [3.63, 3.8) is 0 Å². The van der Waals surface area contributed by atoms with Crippen LogP contribution in [-0.4, -0.2) is 56.9 Å². The summed E-state index contributed by atoms with van der Waals surface area (Å²) in [6.45, 7) is 2.52. The maximum absolute atomic E-state index is 16.3. The van der Waals surface area contributed by atoms with Gasteiger partial charge in [-0.05, 0) is 111 Å². The van der Waals surface area contributed by atoms with E-state index in [4.69, 9.17) is 9.47 Å². The number of aromatic nitrogens is 3. The fourth-order valence-corrected chi connectivity index (χ4v) is 10.5. The van der Waals surface area contributed by atoms with Crippen LogP contribution in [0.2, 0.25) is 0 Å². The molecule has 3 heterocycles. The molecule has 0 saturated carbocycles. The second-order valence-corrected chi connectivity index (χ2v) is 18.8. The number of rotatable bonds is 16. The van der Waals surface area contributed by atoms with Gasteiger partial charge in [0.05, 0.1) is 22.2 Å². The molecular formula is C42H42BrF2N3O5S3. The summed E-state index contributed by atoms with van der Waals surface area (Å²) in [5.74, 6) is 2.04. The van der Waals surface area contributed by atoms with Gasteiger partial charge in [0.2, 0.25) is 0 Å². The molecule has 1 fully saturated rings. The molecule has 1 aliphatic heterocycles. The Hall–Kier alpha value is -3.66. The lowest BCUT2D eigenvalue weighted by Crippen LogP contribution is -2.18. The number of nitrogens with zero attached hydrogens (tertiary/aromatic N) is 3. The highest BCUT2D eigenvalue weighted by Crippen LogP contribution is 2.39. The molecule has 0 bridgehead atoms. The summed E-state index contributed by atoms with van der Waals surface area (Å²) in [5.41, 5.74) is 3.11. The minimum Gasteiger partial charge on any atom is -0.454 e. The Morgan fingerprint density at radius 1 is 0.946 bits per heavy atom. The Bertz CT molecular complexity index is 2400. The van der Waals surface area contributed by atoms with Crippen molar-refractivity contribution in [2.24, 2.45) is 0 Å². The average molecular weight is 883 g/mol. The molecule has 6 aromatic rings. The lowest BCUT2D eigenvalue weighted by Gasteiger charge is -2.22. The van der Waals surface area contributed by atoms with Gasteiger partial charge in [-0.3, -0.25) is 0 Å². The number of halogens is 3. The molecule has 294 valence electrons. The van der Waals surface area contributed by atoms with Crippen LogP contribution in [0.5, 0.6) is 11.5 Å². The third-order valence-electron chi connectivity index (χ3n) is 9.68. The average Bonchev–Trinajstić information content (AvgIpc) is 3.86. The highest BCUT2D eigenvalue weighted by molar-refractivity contribution is 9.10. The number of aliphatic hydroxyl groups is 1. The molecule has 0 spiro atoms. The molecule has 8 nitrogen and oxygen atoms in total. The smallest absolute Gasteiger partial charge is 0.268 e. The number of aliphatic hydroxyl groups excluding tert-OH is 1. The maximum Gasteiger partial charge on any atom is 0.268 e. The van der Waals surface area contributed by atoms with Gasteiger partial charge in [0, 0.05) is 57.6 Å². The molecule has 1 aliphatic rings. The van der Waals surface area contributed by atoms with Crippen LogP contribution in [0.1, 0.15) is 54.7 Å². The number of hydrogen-bond donors (Lipinski definition) is 1. The third kappa shape index (κ3) is 9.37. The second kappa shape index (κ2) is 18.3. The number of aryl methyl sites for hydroxylation is 2. The van der Waals surface area contributed by atoms with Crippen LogP contribution in [0.15, 0.2) is 107 Å². The summed E-state index contributed by atoms with van der Waals surface area (Å²) >= 11 is 6.91. The molecule has 0 amide bonds. The monoisotopic (exact) mass is 881 g/mol. The van der Waals surface area contributed by atoms with Crippen LogP contribution >= 0.6 is 39.5 Å². The van der Waals surface area contributed by atoms with Gasteiger partial charge in [0.25, 0.3) is 10.0 Å². The van der Waals surface area contributed by atoms with Crippen molar-refractivity contribution < 1.29 is 31.8 Å². The van der Waals surface area contributed by atoms with Gasteiger partial charge in [-0.15, -0.1) is 0 Å². The van der Waals surface area contributed by atoms with Crippen LogP contribution in [0.4, 0.5) is 8.78 Å². The van der Waals surface area contributed by atoms with E-state index in [1.54, 1.807) is 70.8 Å². The molecule has 2 unspecified atom stereocenters. The molecule has 56 heavy (non-hydrogen) atoms. The first-order valence-electron chi connectivity index (χ1n) is 18.5. The predicted octanol–water partition coefficient (Wildman–Crippen LogP) is 10.7. The Morgan fingerprint density at radius 3 is 2.52 bits per heavy atom.